The number of carbonyl (C=O) groups is 3. The molecule has 3 aliphatic carbocycles. The summed E-state index contributed by atoms with van der Waals surface area (Å²) < 4.78 is 5.71. The van der Waals surface area contributed by atoms with Crippen LogP contribution in [-0.2, 0) is 14.3 Å². The van der Waals surface area contributed by atoms with Crippen molar-refractivity contribution in [2.75, 3.05) is 13.2 Å². The van der Waals surface area contributed by atoms with E-state index in [2.05, 4.69) is 34.9 Å². The third kappa shape index (κ3) is 5.19. The molecule has 0 saturated heterocycles. The maximum atomic E-state index is 12.8. The summed E-state index contributed by atoms with van der Waals surface area (Å²) >= 11 is 0. The van der Waals surface area contributed by atoms with Gasteiger partial charge in [-0.15, -0.1) is 0 Å². The number of aliphatic carboxylic acids is 1. The van der Waals surface area contributed by atoms with Crippen molar-refractivity contribution in [3.63, 3.8) is 0 Å². The third-order valence-electron chi connectivity index (χ3n) is 7.80. The van der Waals surface area contributed by atoms with Gasteiger partial charge in [0, 0.05) is 24.9 Å². The quantitative estimate of drug-likeness (QED) is 0.527. The normalized spacial score (nSPS) is 24.7. The van der Waals surface area contributed by atoms with E-state index >= 15 is 0 Å². The predicted octanol–water partition coefficient (Wildman–Crippen LogP) is 4.31. The molecule has 2 amide bonds. The molecule has 2 fully saturated rings. The van der Waals surface area contributed by atoms with Crippen molar-refractivity contribution in [1.29, 1.82) is 0 Å². The predicted molar refractivity (Wildman–Crippen MR) is 131 cm³/mol. The fourth-order valence-electron chi connectivity index (χ4n) is 5.76. The van der Waals surface area contributed by atoms with Gasteiger partial charge in [0.25, 0.3) is 0 Å². The molecule has 0 unspecified atom stereocenters. The second-order valence-corrected chi connectivity index (χ2v) is 10.1. The van der Waals surface area contributed by atoms with Crippen molar-refractivity contribution in [2.45, 2.75) is 50.5 Å². The number of carbonyl (C=O) groups excluding carboxylic acids is 2. The van der Waals surface area contributed by atoms with Crippen LogP contribution in [0, 0.1) is 17.8 Å². The maximum absolute atomic E-state index is 12.8. The molecule has 0 heterocycles. The molecular formula is C28H32N2O5. The minimum atomic E-state index is -0.788. The molecule has 7 heteroatoms. The minimum Gasteiger partial charge on any atom is -0.481 e. The molecule has 2 aromatic carbocycles. The highest BCUT2D eigenvalue weighted by Crippen LogP contribution is 2.44. The number of fused-ring (bicyclic) bond motifs is 3. The molecule has 35 heavy (non-hydrogen) atoms. The molecule has 3 N–H and O–H groups in total. The molecule has 184 valence electrons. The zero-order valence-corrected chi connectivity index (χ0v) is 19.7. The first-order chi connectivity index (χ1) is 17.0. The van der Waals surface area contributed by atoms with Crippen LogP contribution < -0.4 is 10.6 Å². The summed E-state index contributed by atoms with van der Waals surface area (Å²) in [7, 11) is 0. The molecule has 2 aromatic rings. The lowest BCUT2D eigenvalue weighted by Crippen LogP contribution is -2.44. The van der Waals surface area contributed by atoms with Gasteiger partial charge in [0.1, 0.15) is 6.61 Å². The number of hydrogen-bond acceptors (Lipinski definition) is 4. The van der Waals surface area contributed by atoms with E-state index in [-0.39, 0.29) is 42.2 Å². The summed E-state index contributed by atoms with van der Waals surface area (Å²) in [6.45, 7) is 0.677. The van der Waals surface area contributed by atoms with Gasteiger partial charge in [0.15, 0.2) is 0 Å². The fraction of sp³-hybridized carbons (Fsp3) is 0.464. The van der Waals surface area contributed by atoms with Crippen molar-refractivity contribution in [2.24, 2.45) is 17.8 Å². The monoisotopic (exact) mass is 476 g/mol. The van der Waals surface area contributed by atoms with Gasteiger partial charge in [0.05, 0.1) is 5.92 Å². The zero-order chi connectivity index (χ0) is 24.4. The smallest absolute Gasteiger partial charge is 0.407 e. The highest BCUT2D eigenvalue weighted by Gasteiger charge is 2.43. The second-order valence-electron chi connectivity index (χ2n) is 10.1. The van der Waals surface area contributed by atoms with Gasteiger partial charge in [-0.3, -0.25) is 9.59 Å². The lowest BCUT2D eigenvalue weighted by atomic mass is 9.82. The summed E-state index contributed by atoms with van der Waals surface area (Å²) in [6.07, 6.45) is 4.27. The van der Waals surface area contributed by atoms with Gasteiger partial charge in [-0.25, -0.2) is 4.79 Å². The van der Waals surface area contributed by atoms with Crippen molar-refractivity contribution >= 4 is 18.0 Å². The zero-order valence-electron chi connectivity index (χ0n) is 19.7. The van der Waals surface area contributed by atoms with Crippen LogP contribution in [0.3, 0.4) is 0 Å². The number of benzene rings is 2. The summed E-state index contributed by atoms with van der Waals surface area (Å²) in [4.78, 5) is 36.2. The molecule has 7 nitrogen and oxygen atoms in total. The molecule has 4 atom stereocenters. The van der Waals surface area contributed by atoms with E-state index < -0.39 is 12.1 Å². The Hall–Kier alpha value is -3.35. The van der Waals surface area contributed by atoms with E-state index in [1.165, 1.54) is 22.3 Å². The van der Waals surface area contributed by atoms with Crippen LogP contribution in [0.2, 0.25) is 0 Å². The Balaban J connectivity index is 1.13. The Morgan fingerprint density at radius 1 is 0.914 bits per heavy atom. The number of rotatable bonds is 8. The SMILES string of the molecule is O=C(C[C@@H]1CCCC[C@@H]1NC(=O)OCC1c2ccccc2-c2ccccc21)NC[C@H]1C[C@H]1C(=O)O. The standard InChI is InChI=1S/C28H32N2O5/c31-26(29-15-18-13-23(18)27(32)33)14-17-7-1-6-12-25(17)30-28(34)35-16-24-21-10-4-2-8-19(21)20-9-3-5-11-22(20)24/h2-5,8-11,17-18,23-25H,1,6-7,12-16H2,(H,29,31)(H,30,34)(H,32,33)/t17-,18+,23+,25-/m0/s1. The molecule has 5 rings (SSSR count). The van der Waals surface area contributed by atoms with E-state index in [9.17, 15) is 14.4 Å². The summed E-state index contributed by atoms with van der Waals surface area (Å²) in [5, 5.41) is 14.9. The third-order valence-corrected chi connectivity index (χ3v) is 7.80. The lowest BCUT2D eigenvalue weighted by Gasteiger charge is -2.31. The van der Waals surface area contributed by atoms with Crippen molar-refractivity contribution in [1.82, 2.24) is 10.6 Å². The topological polar surface area (TPSA) is 105 Å². The first kappa shape index (κ1) is 23.4. The Bertz CT molecular complexity index is 1070. The number of amides is 2. The van der Waals surface area contributed by atoms with E-state index in [4.69, 9.17) is 9.84 Å². The van der Waals surface area contributed by atoms with Gasteiger partial charge < -0.3 is 20.5 Å². The second kappa shape index (κ2) is 10.1. The Labute approximate surface area is 205 Å². The molecule has 0 aliphatic heterocycles. The maximum Gasteiger partial charge on any atom is 0.407 e. The van der Waals surface area contributed by atoms with E-state index in [0.29, 0.717) is 19.4 Å². The number of nitrogens with one attached hydrogen (secondary N) is 2. The van der Waals surface area contributed by atoms with Crippen LogP contribution in [-0.4, -0.2) is 42.3 Å². The lowest BCUT2D eigenvalue weighted by molar-refractivity contribution is -0.139. The molecule has 2 saturated carbocycles. The Morgan fingerprint density at radius 2 is 1.57 bits per heavy atom. The van der Waals surface area contributed by atoms with Gasteiger partial charge >= 0.3 is 12.1 Å². The average molecular weight is 477 g/mol. The number of ether oxygens (including phenoxy) is 1. The number of carboxylic acids is 1. The fourth-order valence-corrected chi connectivity index (χ4v) is 5.76. The highest BCUT2D eigenvalue weighted by molar-refractivity contribution is 5.79. The number of alkyl carbamates (subject to hydrolysis) is 1. The molecule has 0 bridgehead atoms. The molecular weight excluding hydrogens is 444 g/mol. The van der Waals surface area contributed by atoms with Gasteiger partial charge in [-0.2, -0.15) is 0 Å². The van der Waals surface area contributed by atoms with E-state index in [1.807, 2.05) is 24.3 Å². The van der Waals surface area contributed by atoms with Crippen LogP contribution >= 0.6 is 0 Å². The highest BCUT2D eigenvalue weighted by atomic mass is 16.5. The van der Waals surface area contributed by atoms with E-state index in [0.717, 1.165) is 25.7 Å². The molecule has 0 spiro atoms. The molecule has 3 aliphatic rings. The Morgan fingerprint density at radius 3 is 2.23 bits per heavy atom. The summed E-state index contributed by atoms with van der Waals surface area (Å²) in [5.74, 6) is -1.08. The Kier molecular flexibility index (Phi) is 6.75. The first-order valence-corrected chi connectivity index (χ1v) is 12.6. The largest absolute Gasteiger partial charge is 0.481 e. The molecule has 0 aromatic heterocycles. The minimum absolute atomic E-state index is 0.0122. The summed E-state index contributed by atoms with van der Waals surface area (Å²) in [6, 6.07) is 16.4. The average Bonchev–Trinajstić information content (AvgIpc) is 3.58. The van der Waals surface area contributed by atoms with Crippen molar-refractivity contribution in [3.05, 3.63) is 59.7 Å². The van der Waals surface area contributed by atoms with Gasteiger partial charge in [-0.1, -0.05) is 61.4 Å². The molecule has 0 radical (unpaired) electrons. The first-order valence-electron chi connectivity index (χ1n) is 12.6. The van der Waals surface area contributed by atoms with Crippen molar-refractivity contribution in [3.8, 4) is 11.1 Å². The van der Waals surface area contributed by atoms with Crippen LogP contribution in [0.25, 0.3) is 11.1 Å². The summed E-state index contributed by atoms with van der Waals surface area (Å²) in [5.41, 5.74) is 4.73. The van der Waals surface area contributed by atoms with Crippen LogP contribution in [0.1, 0.15) is 55.6 Å². The van der Waals surface area contributed by atoms with Crippen molar-refractivity contribution < 1.29 is 24.2 Å². The number of hydrogen-bond donors (Lipinski definition) is 3. The number of carboxylic acid groups (broad SMARTS) is 1. The van der Waals surface area contributed by atoms with E-state index in [1.54, 1.807) is 0 Å². The van der Waals surface area contributed by atoms with Gasteiger partial charge in [-0.05, 0) is 53.4 Å². The van der Waals surface area contributed by atoms with Crippen LogP contribution in [0.4, 0.5) is 4.79 Å². The van der Waals surface area contributed by atoms with Crippen LogP contribution in [0.5, 0.6) is 0 Å². The van der Waals surface area contributed by atoms with Crippen LogP contribution in [0.15, 0.2) is 48.5 Å². The van der Waals surface area contributed by atoms with Gasteiger partial charge in [0.2, 0.25) is 5.91 Å².